The number of likely N-dealkylation sites (N-methyl/N-ethyl adjacent to an activating group) is 1. The minimum Gasteiger partial charge on any atom is -0.308 e. The third-order valence-electron chi connectivity index (χ3n) is 2.82. The third kappa shape index (κ3) is 4.22. The molecule has 1 rings (SSSR count). The van der Waals surface area contributed by atoms with Crippen molar-refractivity contribution in [2.45, 2.75) is 29.9 Å². The molecule has 1 aliphatic heterocycles. The molecule has 0 aromatic rings. The van der Waals surface area contributed by atoms with E-state index in [-0.39, 0.29) is 12.6 Å². The van der Waals surface area contributed by atoms with E-state index in [4.69, 9.17) is 0 Å². The van der Waals surface area contributed by atoms with Crippen molar-refractivity contribution in [3.63, 3.8) is 0 Å². The molecule has 1 saturated heterocycles. The second kappa shape index (κ2) is 5.69. The Kier molecular flexibility index (Phi) is 5.07. The monoisotopic (exact) mass is 302 g/mol. The first-order valence-corrected chi connectivity index (χ1v) is 6.32. The third-order valence-corrected chi connectivity index (χ3v) is 3.63. The van der Waals surface area contributed by atoms with Crippen molar-refractivity contribution < 1.29 is 13.2 Å². The Morgan fingerprint density at radius 3 is 2.56 bits per heavy atom. The topological polar surface area (TPSA) is 6.48 Å². The highest BCUT2D eigenvalue weighted by molar-refractivity contribution is 9.09. The second-order valence-corrected chi connectivity index (χ2v) is 5.67. The van der Waals surface area contributed by atoms with E-state index in [9.17, 15) is 13.2 Å². The maximum Gasteiger partial charge on any atom is 0.402 e. The van der Waals surface area contributed by atoms with Crippen molar-refractivity contribution in [1.82, 2.24) is 9.80 Å². The lowest BCUT2D eigenvalue weighted by Gasteiger charge is -2.29. The molecule has 96 valence electrons. The van der Waals surface area contributed by atoms with Gasteiger partial charge in [-0.1, -0.05) is 15.9 Å². The van der Waals surface area contributed by atoms with E-state index < -0.39 is 11.0 Å². The Morgan fingerprint density at radius 2 is 2.06 bits per heavy atom. The van der Waals surface area contributed by atoms with Crippen LogP contribution in [0.2, 0.25) is 0 Å². The zero-order chi connectivity index (χ0) is 12.3. The van der Waals surface area contributed by atoms with E-state index in [1.54, 1.807) is 0 Å². The number of alkyl halides is 4. The van der Waals surface area contributed by atoms with E-state index in [1.807, 2.05) is 23.9 Å². The van der Waals surface area contributed by atoms with Crippen molar-refractivity contribution in [3.05, 3.63) is 0 Å². The van der Waals surface area contributed by atoms with Crippen LogP contribution in [0.15, 0.2) is 0 Å². The van der Waals surface area contributed by atoms with Gasteiger partial charge in [0.1, 0.15) is 4.83 Å². The van der Waals surface area contributed by atoms with E-state index in [0.29, 0.717) is 0 Å². The molecule has 1 aliphatic rings. The second-order valence-electron chi connectivity index (χ2n) is 4.56. The van der Waals surface area contributed by atoms with Crippen LogP contribution in [0, 0.1) is 0 Å². The molecule has 0 aromatic carbocycles. The van der Waals surface area contributed by atoms with Gasteiger partial charge in [0.15, 0.2) is 0 Å². The summed E-state index contributed by atoms with van der Waals surface area (Å²) < 4.78 is 37.2. The fourth-order valence-corrected chi connectivity index (χ4v) is 2.45. The van der Waals surface area contributed by atoms with Crippen LogP contribution in [0.5, 0.6) is 0 Å². The lowest BCUT2D eigenvalue weighted by Crippen LogP contribution is -2.43. The molecule has 1 fully saturated rings. The molecule has 2 nitrogen and oxygen atoms in total. The van der Waals surface area contributed by atoms with Gasteiger partial charge in [-0.3, -0.25) is 4.90 Å². The zero-order valence-corrected chi connectivity index (χ0v) is 11.2. The average Bonchev–Trinajstić information content (AvgIpc) is 2.50. The highest BCUT2D eigenvalue weighted by Crippen LogP contribution is 2.29. The summed E-state index contributed by atoms with van der Waals surface area (Å²) in [4.78, 5) is 2.55. The van der Waals surface area contributed by atoms with Gasteiger partial charge in [0.25, 0.3) is 0 Å². The summed E-state index contributed by atoms with van der Waals surface area (Å²) >= 11 is 2.72. The van der Waals surface area contributed by atoms with E-state index in [0.717, 1.165) is 25.9 Å². The molecule has 0 bridgehead atoms. The maximum atomic E-state index is 12.4. The molecule has 2 atom stereocenters. The summed E-state index contributed by atoms with van der Waals surface area (Å²) in [6, 6.07) is 0.261. The van der Waals surface area contributed by atoms with Gasteiger partial charge < -0.3 is 4.90 Å². The fraction of sp³-hybridized carbons (Fsp3) is 1.00. The molecular weight excluding hydrogens is 285 g/mol. The molecule has 0 saturated carbocycles. The number of halogens is 4. The lowest BCUT2D eigenvalue weighted by atomic mass is 10.2. The van der Waals surface area contributed by atoms with Crippen LogP contribution in [-0.2, 0) is 0 Å². The van der Waals surface area contributed by atoms with Crippen molar-refractivity contribution in [3.8, 4) is 0 Å². The molecule has 0 aromatic heterocycles. The minimum absolute atomic E-state index is 0.0575. The SMILES string of the molecule is CN(C)CC1CCCN1CC(Br)C(F)(F)F. The molecule has 0 spiro atoms. The van der Waals surface area contributed by atoms with E-state index in [1.165, 1.54) is 0 Å². The first-order chi connectivity index (χ1) is 7.30. The quantitative estimate of drug-likeness (QED) is 0.736. The van der Waals surface area contributed by atoms with Gasteiger partial charge in [-0.05, 0) is 33.5 Å². The first kappa shape index (κ1) is 14.3. The van der Waals surface area contributed by atoms with Crippen LogP contribution in [0.25, 0.3) is 0 Å². The highest BCUT2D eigenvalue weighted by atomic mass is 79.9. The first-order valence-electron chi connectivity index (χ1n) is 5.40. The van der Waals surface area contributed by atoms with Crippen molar-refractivity contribution >= 4 is 15.9 Å². The van der Waals surface area contributed by atoms with Gasteiger partial charge in [-0.15, -0.1) is 0 Å². The predicted molar refractivity (Wildman–Crippen MR) is 61.9 cm³/mol. The molecule has 1 heterocycles. The van der Waals surface area contributed by atoms with Gasteiger partial charge in [0.2, 0.25) is 0 Å². The normalized spacial score (nSPS) is 25.3. The highest BCUT2D eigenvalue weighted by Gasteiger charge is 2.40. The number of rotatable bonds is 4. The molecule has 0 amide bonds. The predicted octanol–water partition coefficient (Wildman–Crippen LogP) is 2.34. The fourth-order valence-electron chi connectivity index (χ4n) is 2.07. The van der Waals surface area contributed by atoms with Crippen LogP contribution in [0.3, 0.4) is 0 Å². The molecule has 0 radical (unpaired) electrons. The van der Waals surface area contributed by atoms with Crippen LogP contribution in [0.1, 0.15) is 12.8 Å². The Labute approximate surface area is 103 Å². The lowest BCUT2D eigenvalue weighted by molar-refractivity contribution is -0.131. The summed E-state index contributed by atoms with van der Waals surface area (Å²) in [5.74, 6) is 0. The van der Waals surface area contributed by atoms with Crippen LogP contribution in [-0.4, -0.2) is 60.6 Å². The van der Waals surface area contributed by atoms with Crippen molar-refractivity contribution in [2.24, 2.45) is 0 Å². The zero-order valence-electron chi connectivity index (χ0n) is 9.60. The molecule has 2 unspecified atom stereocenters. The number of nitrogens with zero attached hydrogens (tertiary/aromatic N) is 2. The van der Waals surface area contributed by atoms with Gasteiger partial charge in [-0.2, -0.15) is 13.2 Å². The molecule has 0 aliphatic carbocycles. The Bertz CT molecular complexity index is 221. The van der Waals surface area contributed by atoms with Crippen LogP contribution in [0.4, 0.5) is 13.2 Å². The Balaban J connectivity index is 2.46. The molecule has 0 N–H and O–H groups in total. The Morgan fingerprint density at radius 1 is 1.44 bits per heavy atom. The average molecular weight is 303 g/mol. The Hall–Kier alpha value is 0.190. The van der Waals surface area contributed by atoms with Crippen molar-refractivity contribution in [2.75, 3.05) is 33.7 Å². The van der Waals surface area contributed by atoms with E-state index in [2.05, 4.69) is 15.9 Å². The summed E-state index contributed by atoms with van der Waals surface area (Å²) in [6.45, 7) is 1.66. The molecular formula is C10H18BrF3N2. The van der Waals surface area contributed by atoms with E-state index >= 15 is 0 Å². The summed E-state index contributed by atoms with van der Waals surface area (Å²) in [5.41, 5.74) is 0. The standard InChI is InChI=1S/C10H18BrF3N2/c1-15(2)6-8-4-3-5-16(8)7-9(11)10(12,13)14/h8-9H,3-7H2,1-2H3. The minimum atomic E-state index is -4.15. The largest absolute Gasteiger partial charge is 0.402 e. The van der Waals surface area contributed by atoms with Crippen LogP contribution < -0.4 is 0 Å². The van der Waals surface area contributed by atoms with Crippen molar-refractivity contribution in [1.29, 1.82) is 0 Å². The van der Waals surface area contributed by atoms with Gasteiger partial charge in [0, 0.05) is 19.1 Å². The van der Waals surface area contributed by atoms with Gasteiger partial charge in [-0.25, -0.2) is 0 Å². The van der Waals surface area contributed by atoms with Gasteiger partial charge in [0.05, 0.1) is 0 Å². The molecule has 16 heavy (non-hydrogen) atoms. The number of hydrogen-bond acceptors (Lipinski definition) is 2. The van der Waals surface area contributed by atoms with Gasteiger partial charge >= 0.3 is 6.18 Å². The maximum absolute atomic E-state index is 12.4. The smallest absolute Gasteiger partial charge is 0.308 e. The summed E-state index contributed by atoms with van der Waals surface area (Å²) in [6.07, 6.45) is -2.16. The van der Waals surface area contributed by atoms with Crippen LogP contribution >= 0.6 is 15.9 Å². The number of likely N-dealkylation sites (tertiary alicyclic amines) is 1. The summed E-state index contributed by atoms with van der Waals surface area (Å²) in [7, 11) is 3.90. The molecule has 6 heteroatoms. The summed E-state index contributed by atoms with van der Waals surface area (Å²) in [5, 5.41) is 0. The number of hydrogen-bond donors (Lipinski definition) is 0.